The van der Waals surface area contributed by atoms with E-state index in [4.69, 9.17) is 4.52 Å². The summed E-state index contributed by atoms with van der Waals surface area (Å²) in [6, 6.07) is 11.2. The number of pyridine rings is 1. The van der Waals surface area contributed by atoms with E-state index in [9.17, 15) is 9.59 Å². The Morgan fingerprint density at radius 1 is 1.06 bits per heavy atom. The molecule has 0 spiro atoms. The number of anilines is 1. The Morgan fingerprint density at radius 2 is 1.85 bits per heavy atom. The Bertz CT molecular complexity index is 1400. The van der Waals surface area contributed by atoms with Gasteiger partial charge in [0.1, 0.15) is 0 Å². The Kier molecular flexibility index (Phi) is 6.14. The number of aromatic nitrogens is 2. The van der Waals surface area contributed by atoms with Gasteiger partial charge in [-0.05, 0) is 62.7 Å². The van der Waals surface area contributed by atoms with Crippen molar-refractivity contribution in [2.24, 2.45) is 0 Å². The fourth-order valence-corrected chi connectivity index (χ4v) is 5.78. The first-order valence-electron chi connectivity index (χ1n) is 11.0. The summed E-state index contributed by atoms with van der Waals surface area (Å²) in [4.78, 5) is 34.8. The Balaban J connectivity index is 1.44. The lowest BCUT2D eigenvalue weighted by atomic mass is 10.1. The Hall–Kier alpha value is -3.17. The topological polar surface area (TPSA) is 88.3 Å². The minimum absolute atomic E-state index is 0.0353. The fraction of sp³-hybridized carbons (Fsp3) is 0.280. The van der Waals surface area contributed by atoms with Crippen LogP contribution in [0.2, 0.25) is 0 Å². The van der Waals surface area contributed by atoms with Crippen molar-refractivity contribution in [3.8, 4) is 10.6 Å². The van der Waals surface area contributed by atoms with E-state index >= 15 is 0 Å². The summed E-state index contributed by atoms with van der Waals surface area (Å²) in [7, 11) is 0. The second kappa shape index (κ2) is 9.23. The van der Waals surface area contributed by atoms with Crippen LogP contribution in [0, 0.1) is 20.8 Å². The maximum atomic E-state index is 13.4. The molecule has 1 aliphatic heterocycles. The maximum absolute atomic E-state index is 13.4. The molecular formula is C25H24N4O3S2. The summed E-state index contributed by atoms with van der Waals surface area (Å²) in [5, 5.41) is 7.62. The predicted octanol–water partition coefficient (Wildman–Crippen LogP) is 5.32. The number of aryl methyl sites for hydroxylation is 3. The zero-order valence-corrected chi connectivity index (χ0v) is 20.8. The molecule has 0 bridgehead atoms. The number of thioether (sulfide) groups is 1. The molecule has 174 valence electrons. The van der Waals surface area contributed by atoms with Gasteiger partial charge in [-0.15, -0.1) is 11.3 Å². The summed E-state index contributed by atoms with van der Waals surface area (Å²) < 4.78 is 5.40. The summed E-state index contributed by atoms with van der Waals surface area (Å²) in [5.74, 6) is 1.69. The summed E-state index contributed by atoms with van der Waals surface area (Å²) in [6.45, 7) is 7.25. The molecule has 1 saturated heterocycles. The van der Waals surface area contributed by atoms with Gasteiger partial charge in [0.15, 0.2) is 0 Å². The molecule has 9 heteroatoms. The van der Waals surface area contributed by atoms with Crippen LogP contribution in [0.5, 0.6) is 0 Å². The normalized spacial score (nSPS) is 13.9. The lowest BCUT2D eigenvalue weighted by molar-refractivity contribution is 0.0772. The van der Waals surface area contributed by atoms with Gasteiger partial charge in [-0.3, -0.25) is 9.59 Å². The number of rotatable bonds is 4. The Labute approximate surface area is 205 Å². The van der Waals surface area contributed by atoms with Crippen LogP contribution in [0.1, 0.15) is 36.9 Å². The quantitative estimate of drug-likeness (QED) is 0.415. The molecule has 34 heavy (non-hydrogen) atoms. The van der Waals surface area contributed by atoms with E-state index in [1.54, 1.807) is 36.5 Å². The molecule has 1 fully saturated rings. The highest BCUT2D eigenvalue weighted by molar-refractivity contribution is 7.99. The van der Waals surface area contributed by atoms with E-state index in [1.165, 1.54) is 0 Å². The molecule has 1 aromatic carbocycles. The molecule has 0 unspecified atom stereocenters. The minimum atomic E-state index is -0.275. The van der Waals surface area contributed by atoms with Crippen molar-refractivity contribution in [2.45, 2.75) is 20.8 Å². The number of nitrogens with one attached hydrogen (secondary N) is 1. The number of amides is 2. The van der Waals surface area contributed by atoms with Crippen LogP contribution in [-0.4, -0.2) is 51.5 Å². The van der Waals surface area contributed by atoms with E-state index < -0.39 is 0 Å². The van der Waals surface area contributed by atoms with E-state index in [1.807, 2.05) is 48.7 Å². The van der Waals surface area contributed by atoms with E-state index in [2.05, 4.69) is 15.5 Å². The third-order valence-corrected chi connectivity index (χ3v) is 7.84. The van der Waals surface area contributed by atoms with Crippen LogP contribution in [0.4, 0.5) is 5.69 Å². The number of hydrogen-bond acceptors (Lipinski definition) is 7. The third kappa shape index (κ3) is 4.33. The van der Waals surface area contributed by atoms with Crippen molar-refractivity contribution in [2.75, 3.05) is 29.9 Å². The largest absolute Gasteiger partial charge is 0.337 e. The molecule has 2 amide bonds. The molecule has 0 radical (unpaired) electrons. The summed E-state index contributed by atoms with van der Waals surface area (Å²) in [5.41, 5.74) is 4.19. The molecule has 4 aromatic rings. The van der Waals surface area contributed by atoms with Crippen LogP contribution in [-0.2, 0) is 0 Å². The van der Waals surface area contributed by atoms with Crippen molar-refractivity contribution in [3.05, 3.63) is 63.7 Å². The Morgan fingerprint density at radius 3 is 2.56 bits per heavy atom. The highest BCUT2D eigenvalue weighted by atomic mass is 32.2. The molecule has 0 saturated carbocycles. The average molecular weight is 493 g/mol. The smallest absolute Gasteiger partial charge is 0.259 e. The number of thiophene rings is 1. The van der Waals surface area contributed by atoms with Gasteiger partial charge in [0, 0.05) is 40.7 Å². The van der Waals surface area contributed by atoms with Gasteiger partial charge >= 0.3 is 0 Å². The number of carbonyl (C=O) groups excluding carboxylic acids is 2. The molecule has 3 aromatic heterocycles. The zero-order valence-electron chi connectivity index (χ0n) is 19.2. The van der Waals surface area contributed by atoms with Crippen LogP contribution in [0.15, 0.2) is 40.9 Å². The van der Waals surface area contributed by atoms with Crippen molar-refractivity contribution >= 4 is 51.7 Å². The van der Waals surface area contributed by atoms with Gasteiger partial charge in [-0.1, -0.05) is 5.16 Å². The van der Waals surface area contributed by atoms with Crippen molar-refractivity contribution in [3.63, 3.8) is 0 Å². The first-order valence-corrected chi connectivity index (χ1v) is 13.0. The monoisotopic (exact) mass is 492 g/mol. The summed E-state index contributed by atoms with van der Waals surface area (Å²) >= 11 is 3.47. The molecule has 1 aliphatic rings. The van der Waals surface area contributed by atoms with Crippen LogP contribution >= 0.6 is 23.1 Å². The SMILES string of the molecule is Cc1ccc(-c2cc(C(=O)Nc3ccc(C(=O)N4CCSCC4)cc3C)c3c(C)noc3n2)s1. The number of nitrogens with zero attached hydrogens (tertiary/aromatic N) is 3. The first kappa shape index (κ1) is 22.6. The third-order valence-electron chi connectivity index (χ3n) is 5.87. The predicted molar refractivity (Wildman–Crippen MR) is 137 cm³/mol. The van der Waals surface area contributed by atoms with Gasteiger partial charge in [-0.2, -0.15) is 11.8 Å². The molecule has 0 atom stereocenters. The average Bonchev–Trinajstić information content (AvgIpc) is 3.45. The molecule has 5 rings (SSSR count). The molecular weight excluding hydrogens is 468 g/mol. The van der Waals surface area contributed by atoms with E-state index in [0.29, 0.717) is 39.3 Å². The van der Waals surface area contributed by atoms with Crippen molar-refractivity contribution in [1.82, 2.24) is 15.0 Å². The lowest BCUT2D eigenvalue weighted by Gasteiger charge is -2.26. The number of benzene rings is 1. The fourth-order valence-electron chi connectivity index (χ4n) is 4.05. The molecule has 4 heterocycles. The highest BCUT2D eigenvalue weighted by Crippen LogP contribution is 2.31. The summed E-state index contributed by atoms with van der Waals surface area (Å²) in [6.07, 6.45) is 0. The molecule has 7 nitrogen and oxygen atoms in total. The highest BCUT2D eigenvalue weighted by Gasteiger charge is 2.22. The second-order valence-electron chi connectivity index (χ2n) is 8.30. The number of hydrogen-bond donors (Lipinski definition) is 1. The van der Waals surface area contributed by atoms with Crippen molar-refractivity contribution in [1.29, 1.82) is 0 Å². The van der Waals surface area contributed by atoms with Crippen molar-refractivity contribution < 1.29 is 14.1 Å². The zero-order chi connectivity index (χ0) is 23.8. The van der Waals surface area contributed by atoms with Crippen LogP contribution in [0.3, 0.4) is 0 Å². The first-order chi connectivity index (χ1) is 16.4. The molecule has 1 N–H and O–H groups in total. The second-order valence-corrected chi connectivity index (χ2v) is 10.8. The lowest BCUT2D eigenvalue weighted by Crippen LogP contribution is -2.37. The van der Waals surface area contributed by atoms with Crippen LogP contribution in [0.25, 0.3) is 21.7 Å². The van der Waals surface area contributed by atoms with E-state index in [-0.39, 0.29) is 11.8 Å². The van der Waals surface area contributed by atoms with Crippen LogP contribution < -0.4 is 5.32 Å². The minimum Gasteiger partial charge on any atom is -0.337 e. The van der Waals surface area contributed by atoms with Gasteiger partial charge in [-0.25, -0.2) is 4.98 Å². The van der Waals surface area contributed by atoms with Gasteiger partial charge in [0.05, 0.1) is 27.2 Å². The van der Waals surface area contributed by atoms with E-state index in [0.717, 1.165) is 39.9 Å². The van der Waals surface area contributed by atoms with Gasteiger partial charge in [0.25, 0.3) is 17.5 Å². The number of fused-ring (bicyclic) bond motifs is 1. The maximum Gasteiger partial charge on any atom is 0.259 e. The van der Waals surface area contributed by atoms with Gasteiger partial charge < -0.3 is 14.7 Å². The number of carbonyl (C=O) groups is 2. The standard InChI is InChI=1S/C25H24N4O3S2/c1-14-12-17(25(31)29-8-10-33-11-9-29)5-6-19(14)26-23(30)18-13-20(21-7-4-15(2)34-21)27-24-22(18)16(3)28-32-24/h4-7,12-13H,8-11H2,1-3H3,(H,26,30). The van der Waals surface area contributed by atoms with Gasteiger partial charge in [0.2, 0.25) is 0 Å². The molecule has 0 aliphatic carbocycles.